The summed E-state index contributed by atoms with van der Waals surface area (Å²) in [5.74, 6) is -0.838. The van der Waals surface area contributed by atoms with Crippen LogP contribution >= 0.6 is 27.5 Å². The number of unbranched alkanes of at least 4 members (excludes halogenated alkanes) is 1. The van der Waals surface area contributed by atoms with Gasteiger partial charge in [-0.3, -0.25) is 13.9 Å². The van der Waals surface area contributed by atoms with Crippen molar-refractivity contribution in [2.75, 3.05) is 17.4 Å². The van der Waals surface area contributed by atoms with E-state index in [0.717, 1.165) is 28.3 Å². The molecule has 0 heterocycles. The maximum atomic E-state index is 14.5. The highest BCUT2D eigenvalue weighted by molar-refractivity contribution is 9.10. The fraction of sp³-hybridized carbons (Fsp3) is 0.257. The van der Waals surface area contributed by atoms with E-state index in [-0.39, 0.29) is 23.8 Å². The highest BCUT2D eigenvalue weighted by atomic mass is 79.9. The fourth-order valence-corrected chi connectivity index (χ4v) is 6.90. The molecule has 1 atom stereocenters. The Morgan fingerprint density at radius 1 is 0.889 bits per heavy atom. The Morgan fingerprint density at radius 3 is 2.24 bits per heavy atom. The molecule has 0 aliphatic heterocycles. The van der Waals surface area contributed by atoms with Gasteiger partial charge in [-0.05, 0) is 66.9 Å². The summed E-state index contributed by atoms with van der Waals surface area (Å²) in [4.78, 5) is 29.8. The number of hydrogen-bond donors (Lipinski definition) is 1. The third-order valence-corrected chi connectivity index (χ3v) is 9.84. The zero-order valence-electron chi connectivity index (χ0n) is 25.3. The van der Waals surface area contributed by atoms with Crippen molar-refractivity contribution in [3.05, 3.63) is 129 Å². The average Bonchev–Trinajstić information content (AvgIpc) is 3.02. The van der Waals surface area contributed by atoms with Crippen molar-refractivity contribution < 1.29 is 18.0 Å². The average molecular weight is 711 g/mol. The summed E-state index contributed by atoms with van der Waals surface area (Å²) in [5.41, 5.74) is 2.80. The number of benzene rings is 4. The molecule has 0 spiro atoms. The summed E-state index contributed by atoms with van der Waals surface area (Å²) in [7, 11) is -4.17. The van der Waals surface area contributed by atoms with Gasteiger partial charge in [-0.1, -0.05) is 107 Å². The topological polar surface area (TPSA) is 86.8 Å². The SMILES string of the molecule is CCCCNC(=O)C(Cc1ccccc1)N(Cc1cccc(Cl)c1)C(=O)CN(c1cccc(Br)c1)S(=O)(=O)c1ccc(C)cc1. The molecule has 236 valence electrons. The van der Waals surface area contributed by atoms with Gasteiger partial charge < -0.3 is 10.2 Å². The van der Waals surface area contributed by atoms with Gasteiger partial charge in [0.15, 0.2) is 0 Å². The molecule has 7 nitrogen and oxygen atoms in total. The number of sulfonamides is 1. The van der Waals surface area contributed by atoms with Crippen molar-refractivity contribution >= 4 is 55.1 Å². The van der Waals surface area contributed by atoms with E-state index in [0.29, 0.717) is 27.3 Å². The molecule has 0 saturated heterocycles. The number of carbonyl (C=O) groups is 2. The lowest BCUT2D eigenvalue weighted by Crippen LogP contribution is -2.53. The Balaban J connectivity index is 1.79. The standard InChI is InChI=1S/C35H37BrClN3O4S/c1-3-4-20-38-35(42)33(22-27-10-6-5-7-11-27)39(24-28-12-8-14-30(37)21-28)34(41)25-40(31-15-9-13-29(36)23-31)45(43,44)32-18-16-26(2)17-19-32/h5-19,21,23,33H,3-4,20,22,24-25H2,1-2H3,(H,38,42). The summed E-state index contributed by atoms with van der Waals surface area (Å²) in [5, 5.41) is 3.48. The van der Waals surface area contributed by atoms with Gasteiger partial charge in [0.2, 0.25) is 11.8 Å². The molecule has 0 radical (unpaired) electrons. The molecule has 0 saturated carbocycles. The Kier molecular flexibility index (Phi) is 12.2. The van der Waals surface area contributed by atoms with Crippen LogP contribution in [0.25, 0.3) is 0 Å². The monoisotopic (exact) mass is 709 g/mol. The van der Waals surface area contributed by atoms with E-state index in [9.17, 15) is 18.0 Å². The predicted octanol–water partition coefficient (Wildman–Crippen LogP) is 7.16. The van der Waals surface area contributed by atoms with E-state index in [1.54, 1.807) is 54.6 Å². The zero-order chi connectivity index (χ0) is 32.4. The van der Waals surface area contributed by atoms with E-state index >= 15 is 0 Å². The number of amides is 2. The van der Waals surface area contributed by atoms with E-state index < -0.39 is 28.5 Å². The number of hydrogen-bond acceptors (Lipinski definition) is 4. The lowest BCUT2D eigenvalue weighted by molar-refractivity contribution is -0.140. The molecule has 1 unspecified atom stereocenters. The highest BCUT2D eigenvalue weighted by Gasteiger charge is 2.34. The van der Waals surface area contributed by atoms with Crippen LogP contribution in [0.1, 0.15) is 36.5 Å². The molecule has 45 heavy (non-hydrogen) atoms. The number of rotatable bonds is 14. The van der Waals surface area contributed by atoms with Crippen LogP contribution in [-0.4, -0.2) is 44.3 Å². The molecule has 4 rings (SSSR count). The number of aryl methyl sites for hydroxylation is 1. The van der Waals surface area contributed by atoms with Gasteiger partial charge in [0.1, 0.15) is 12.6 Å². The Labute approximate surface area is 279 Å². The van der Waals surface area contributed by atoms with E-state index in [2.05, 4.69) is 21.2 Å². The zero-order valence-corrected chi connectivity index (χ0v) is 28.5. The van der Waals surface area contributed by atoms with Crippen molar-refractivity contribution in [2.45, 2.75) is 50.6 Å². The van der Waals surface area contributed by atoms with Crippen LogP contribution in [0.15, 0.2) is 112 Å². The van der Waals surface area contributed by atoms with E-state index in [1.165, 1.54) is 17.0 Å². The maximum absolute atomic E-state index is 14.5. The lowest BCUT2D eigenvalue weighted by atomic mass is 10.0. The second kappa shape index (κ2) is 16.1. The summed E-state index contributed by atoms with van der Waals surface area (Å²) >= 11 is 9.74. The quantitative estimate of drug-likeness (QED) is 0.141. The second-order valence-corrected chi connectivity index (χ2v) is 14.0. The van der Waals surface area contributed by atoms with Crippen molar-refractivity contribution in [3.8, 4) is 0 Å². The molecular weight excluding hydrogens is 674 g/mol. The maximum Gasteiger partial charge on any atom is 0.264 e. The molecule has 4 aromatic rings. The van der Waals surface area contributed by atoms with Gasteiger partial charge in [-0.15, -0.1) is 0 Å². The first-order chi connectivity index (χ1) is 21.6. The molecule has 1 N–H and O–H groups in total. The number of nitrogens with one attached hydrogen (secondary N) is 1. The first-order valence-electron chi connectivity index (χ1n) is 14.8. The minimum absolute atomic E-state index is 0.0506. The van der Waals surface area contributed by atoms with Gasteiger partial charge in [-0.2, -0.15) is 0 Å². The molecule has 4 aromatic carbocycles. The third-order valence-electron chi connectivity index (χ3n) is 7.33. The Hall–Kier alpha value is -3.66. The van der Waals surface area contributed by atoms with Crippen LogP contribution in [0.5, 0.6) is 0 Å². The normalized spacial score (nSPS) is 11.9. The first kappa shape index (κ1) is 34.2. The van der Waals surface area contributed by atoms with Crippen LogP contribution in [0.3, 0.4) is 0 Å². The first-order valence-corrected chi connectivity index (χ1v) is 17.4. The smallest absolute Gasteiger partial charge is 0.264 e. The summed E-state index contributed by atoms with van der Waals surface area (Å²) in [6.45, 7) is 3.90. The molecule has 0 bridgehead atoms. The van der Waals surface area contributed by atoms with Gasteiger partial charge in [0.05, 0.1) is 10.6 Å². The van der Waals surface area contributed by atoms with Gasteiger partial charge >= 0.3 is 0 Å². The van der Waals surface area contributed by atoms with Crippen LogP contribution in [-0.2, 0) is 32.6 Å². The van der Waals surface area contributed by atoms with Crippen molar-refractivity contribution in [1.29, 1.82) is 0 Å². The van der Waals surface area contributed by atoms with E-state index in [1.807, 2.05) is 50.2 Å². The van der Waals surface area contributed by atoms with Crippen LogP contribution < -0.4 is 9.62 Å². The molecule has 2 amide bonds. The minimum atomic E-state index is -4.17. The van der Waals surface area contributed by atoms with E-state index in [4.69, 9.17) is 11.6 Å². The molecular formula is C35H37BrClN3O4S. The molecule has 0 aliphatic rings. The largest absolute Gasteiger partial charge is 0.354 e. The molecule has 0 aliphatic carbocycles. The lowest BCUT2D eigenvalue weighted by Gasteiger charge is -2.34. The van der Waals surface area contributed by atoms with Crippen LogP contribution in [0, 0.1) is 6.92 Å². The molecule has 0 fully saturated rings. The van der Waals surface area contributed by atoms with Gasteiger partial charge in [0, 0.05) is 29.0 Å². The van der Waals surface area contributed by atoms with Crippen LogP contribution in [0.2, 0.25) is 5.02 Å². The highest BCUT2D eigenvalue weighted by Crippen LogP contribution is 2.28. The summed E-state index contributed by atoms with van der Waals surface area (Å²) in [6, 6.07) is 28.9. The summed E-state index contributed by atoms with van der Waals surface area (Å²) in [6.07, 6.45) is 1.93. The Bertz CT molecular complexity index is 1700. The molecule has 0 aromatic heterocycles. The molecule has 10 heteroatoms. The number of anilines is 1. The van der Waals surface area contributed by atoms with Crippen molar-refractivity contribution in [1.82, 2.24) is 10.2 Å². The van der Waals surface area contributed by atoms with Crippen molar-refractivity contribution in [3.63, 3.8) is 0 Å². The number of nitrogens with zero attached hydrogens (tertiary/aromatic N) is 2. The predicted molar refractivity (Wildman–Crippen MR) is 184 cm³/mol. The van der Waals surface area contributed by atoms with Crippen LogP contribution in [0.4, 0.5) is 5.69 Å². The number of halogens is 2. The van der Waals surface area contributed by atoms with Crippen molar-refractivity contribution in [2.24, 2.45) is 0 Å². The minimum Gasteiger partial charge on any atom is -0.354 e. The second-order valence-electron chi connectivity index (χ2n) is 10.8. The fourth-order valence-electron chi connectivity index (χ4n) is 4.89. The van der Waals surface area contributed by atoms with Gasteiger partial charge in [-0.25, -0.2) is 8.42 Å². The summed E-state index contributed by atoms with van der Waals surface area (Å²) < 4.78 is 30.0. The third kappa shape index (κ3) is 9.42. The van der Waals surface area contributed by atoms with Gasteiger partial charge in [0.25, 0.3) is 10.0 Å². The number of carbonyl (C=O) groups excluding carboxylic acids is 2. The Morgan fingerprint density at radius 2 is 1.58 bits per heavy atom.